The summed E-state index contributed by atoms with van der Waals surface area (Å²) in [6, 6.07) is 0. The van der Waals surface area contributed by atoms with Gasteiger partial charge in [0.25, 0.3) is 0 Å². The molecule has 0 rings (SSSR count). The summed E-state index contributed by atoms with van der Waals surface area (Å²) in [5.41, 5.74) is 4.94. The van der Waals surface area contributed by atoms with Crippen molar-refractivity contribution in [3.05, 3.63) is 12.3 Å². The Bertz CT molecular complexity index is 145. The fourth-order valence-electron chi connectivity index (χ4n) is 0.471. The van der Waals surface area contributed by atoms with Crippen molar-refractivity contribution in [2.24, 2.45) is 5.73 Å². The second-order valence-corrected chi connectivity index (χ2v) is 2.09. The fourth-order valence-corrected chi connectivity index (χ4v) is 0.471. The average Bonchev–Trinajstić information content (AvgIpc) is 1.97. The van der Waals surface area contributed by atoms with Crippen LogP contribution in [0.1, 0.15) is 12.8 Å². The summed E-state index contributed by atoms with van der Waals surface area (Å²) in [5.74, 6) is -0.581. The van der Waals surface area contributed by atoms with Crippen LogP contribution in [0.4, 0.5) is 0 Å². The Kier molecular flexibility index (Phi) is 5.20. The van der Waals surface area contributed by atoms with Gasteiger partial charge in [-0.3, -0.25) is 0 Å². The van der Waals surface area contributed by atoms with E-state index in [1.54, 1.807) is 0 Å². The molecule has 4 nitrogen and oxygen atoms in total. The van der Waals surface area contributed by atoms with Crippen molar-refractivity contribution in [2.75, 3.05) is 13.2 Å². The van der Waals surface area contributed by atoms with Crippen LogP contribution in [-0.4, -0.2) is 24.3 Å². The molecule has 0 atom stereocenters. The molecule has 0 heterocycles. The molecule has 0 aliphatic carbocycles. The lowest BCUT2D eigenvalue weighted by atomic mass is 10.3. The minimum atomic E-state index is -0.581. The highest BCUT2D eigenvalue weighted by Gasteiger charge is 2.01. The van der Waals surface area contributed by atoms with Gasteiger partial charge in [0.05, 0.1) is 6.61 Å². The van der Waals surface area contributed by atoms with Crippen LogP contribution in [0.15, 0.2) is 12.3 Å². The molecule has 0 aromatic rings. The van der Waals surface area contributed by atoms with Crippen molar-refractivity contribution in [2.45, 2.75) is 12.8 Å². The van der Waals surface area contributed by atoms with Crippen LogP contribution in [0.3, 0.4) is 0 Å². The summed E-state index contributed by atoms with van der Waals surface area (Å²) in [6.07, 6.45) is 1.28. The molecule has 0 bridgehead atoms. The minimum absolute atomic E-state index is 0.0889. The molecular weight excluding hydrogens is 146 g/mol. The van der Waals surface area contributed by atoms with Gasteiger partial charge in [-0.15, -0.1) is 0 Å². The van der Waals surface area contributed by atoms with Gasteiger partial charge in [-0.2, -0.15) is 0 Å². The van der Waals surface area contributed by atoms with E-state index in [-0.39, 0.29) is 18.9 Å². The van der Waals surface area contributed by atoms with Gasteiger partial charge in [0.1, 0.15) is 5.70 Å². The zero-order chi connectivity index (χ0) is 8.69. The van der Waals surface area contributed by atoms with E-state index < -0.39 is 5.97 Å². The van der Waals surface area contributed by atoms with Gasteiger partial charge in [0.2, 0.25) is 0 Å². The first kappa shape index (κ1) is 9.97. The maximum Gasteiger partial charge on any atom is 0.353 e. The monoisotopic (exact) mass is 159 g/mol. The third kappa shape index (κ3) is 5.42. The number of rotatable bonds is 5. The quantitative estimate of drug-likeness (QED) is 0.330. The van der Waals surface area contributed by atoms with E-state index in [9.17, 15) is 4.79 Å². The van der Waals surface area contributed by atoms with E-state index in [4.69, 9.17) is 10.8 Å². The molecule has 0 unspecified atom stereocenters. The van der Waals surface area contributed by atoms with E-state index in [1.807, 2.05) is 0 Å². The first-order valence-electron chi connectivity index (χ1n) is 3.41. The number of unbranched alkanes of at least 4 members (excludes halogenated alkanes) is 1. The van der Waals surface area contributed by atoms with Crippen LogP contribution >= 0.6 is 0 Å². The van der Waals surface area contributed by atoms with Crippen molar-refractivity contribution in [1.82, 2.24) is 0 Å². The van der Waals surface area contributed by atoms with Crippen molar-refractivity contribution in [3.63, 3.8) is 0 Å². The lowest BCUT2D eigenvalue weighted by Gasteiger charge is -2.01. The predicted molar refractivity (Wildman–Crippen MR) is 40.6 cm³/mol. The smallest absolute Gasteiger partial charge is 0.353 e. The molecule has 0 aliphatic rings. The summed E-state index contributed by atoms with van der Waals surface area (Å²) >= 11 is 0. The van der Waals surface area contributed by atoms with Crippen molar-refractivity contribution < 1.29 is 14.6 Å². The fraction of sp³-hybridized carbons (Fsp3) is 0.571. The highest BCUT2D eigenvalue weighted by Crippen LogP contribution is 1.91. The lowest BCUT2D eigenvalue weighted by Crippen LogP contribution is -2.14. The molecule has 0 aliphatic heterocycles. The van der Waals surface area contributed by atoms with E-state index >= 15 is 0 Å². The zero-order valence-electron chi connectivity index (χ0n) is 6.38. The summed E-state index contributed by atoms with van der Waals surface area (Å²) in [6.45, 7) is 3.61. The molecule has 64 valence electrons. The number of hydrogen-bond acceptors (Lipinski definition) is 4. The van der Waals surface area contributed by atoms with Gasteiger partial charge < -0.3 is 15.6 Å². The molecule has 0 saturated carbocycles. The second kappa shape index (κ2) is 5.73. The molecule has 3 N–H and O–H groups in total. The van der Waals surface area contributed by atoms with Gasteiger partial charge in [0, 0.05) is 6.61 Å². The molecule has 11 heavy (non-hydrogen) atoms. The lowest BCUT2D eigenvalue weighted by molar-refractivity contribution is -0.139. The second-order valence-electron chi connectivity index (χ2n) is 2.09. The largest absolute Gasteiger partial charge is 0.461 e. The summed E-state index contributed by atoms with van der Waals surface area (Å²) in [4.78, 5) is 10.6. The summed E-state index contributed by atoms with van der Waals surface area (Å²) in [5, 5.41) is 8.36. The van der Waals surface area contributed by atoms with Crippen molar-refractivity contribution in [1.29, 1.82) is 0 Å². The minimum Gasteiger partial charge on any atom is -0.461 e. The van der Waals surface area contributed by atoms with Gasteiger partial charge >= 0.3 is 5.97 Å². The van der Waals surface area contributed by atoms with Gasteiger partial charge in [-0.1, -0.05) is 6.58 Å². The first-order chi connectivity index (χ1) is 5.18. The molecule has 0 radical (unpaired) electrons. The Balaban J connectivity index is 3.25. The SMILES string of the molecule is C=C(N)C(=O)OCCCCO. The number of carbonyl (C=O) groups excluding carboxylic acids is 1. The maximum atomic E-state index is 10.6. The van der Waals surface area contributed by atoms with Crippen LogP contribution < -0.4 is 5.73 Å². The molecule has 0 aromatic heterocycles. The Hall–Kier alpha value is -1.03. The molecule has 4 heteroatoms. The molecule has 0 aromatic carbocycles. The van der Waals surface area contributed by atoms with E-state index in [2.05, 4.69) is 11.3 Å². The van der Waals surface area contributed by atoms with E-state index in [1.165, 1.54) is 0 Å². The number of nitrogens with two attached hydrogens (primary N) is 1. The van der Waals surface area contributed by atoms with Gasteiger partial charge in [-0.25, -0.2) is 4.79 Å². The van der Waals surface area contributed by atoms with Crippen LogP contribution in [0.2, 0.25) is 0 Å². The Labute approximate surface area is 65.6 Å². The molecular formula is C7H13NO3. The topological polar surface area (TPSA) is 72.6 Å². The third-order valence-electron chi connectivity index (χ3n) is 1.05. The number of hydrogen-bond donors (Lipinski definition) is 2. The predicted octanol–water partition coefficient (Wildman–Crippen LogP) is -0.226. The van der Waals surface area contributed by atoms with Crippen LogP contribution in [0.25, 0.3) is 0 Å². The number of ether oxygens (including phenoxy) is 1. The van der Waals surface area contributed by atoms with E-state index in [0.717, 1.165) is 0 Å². The normalized spacial score (nSPS) is 9.18. The van der Waals surface area contributed by atoms with E-state index in [0.29, 0.717) is 12.8 Å². The number of esters is 1. The Morgan fingerprint density at radius 1 is 1.55 bits per heavy atom. The van der Waals surface area contributed by atoms with Crippen molar-refractivity contribution >= 4 is 5.97 Å². The average molecular weight is 159 g/mol. The highest BCUT2D eigenvalue weighted by molar-refractivity contribution is 5.86. The summed E-state index contributed by atoms with van der Waals surface area (Å²) < 4.78 is 4.63. The number of aliphatic hydroxyl groups excluding tert-OH is 1. The first-order valence-corrected chi connectivity index (χ1v) is 3.41. The zero-order valence-corrected chi connectivity index (χ0v) is 6.38. The maximum absolute atomic E-state index is 10.6. The Morgan fingerprint density at radius 3 is 2.64 bits per heavy atom. The number of carbonyl (C=O) groups is 1. The standard InChI is InChI=1S/C7H13NO3/c1-6(8)7(10)11-5-3-2-4-9/h9H,1-5,8H2. The van der Waals surface area contributed by atoms with Crippen LogP contribution in [0.5, 0.6) is 0 Å². The highest BCUT2D eigenvalue weighted by atomic mass is 16.5. The summed E-state index contributed by atoms with van der Waals surface area (Å²) in [7, 11) is 0. The van der Waals surface area contributed by atoms with Gasteiger partial charge in [0.15, 0.2) is 0 Å². The van der Waals surface area contributed by atoms with Crippen LogP contribution in [-0.2, 0) is 9.53 Å². The molecule has 0 spiro atoms. The number of aliphatic hydroxyl groups is 1. The van der Waals surface area contributed by atoms with Crippen molar-refractivity contribution in [3.8, 4) is 0 Å². The molecule has 0 saturated heterocycles. The van der Waals surface area contributed by atoms with Gasteiger partial charge in [-0.05, 0) is 12.8 Å². The Morgan fingerprint density at radius 2 is 2.18 bits per heavy atom. The molecule has 0 fully saturated rings. The molecule has 0 amide bonds. The third-order valence-corrected chi connectivity index (χ3v) is 1.05. The van der Waals surface area contributed by atoms with Crippen LogP contribution in [0, 0.1) is 0 Å².